The molecule has 0 rings (SSSR count). The summed E-state index contributed by atoms with van der Waals surface area (Å²) in [6.45, 7) is 0. The lowest BCUT2D eigenvalue weighted by molar-refractivity contribution is -0.111. The van der Waals surface area contributed by atoms with Crippen LogP contribution >= 0.6 is 0 Å². The molecule has 0 aliphatic rings. The van der Waals surface area contributed by atoms with Crippen LogP contribution in [-0.4, -0.2) is 34.4 Å². The molecule has 8 heavy (non-hydrogen) atoms. The van der Waals surface area contributed by atoms with E-state index in [9.17, 15) is 4.53 Å². The van der Waals surface area contributed by atoms with Crippen LogP contribution in [0, 0.1) is 0 Å². The summed E-state index contributed by atoms with van der Waals surface area (Å²) in [4.78, 5) is 22.4. The molecule has 0 fully saturated rings. The van der Waals surface area contributed by atoms with Crippen molar-refractivity contribution in [1.82, 2.24) is 0 Å². The summed E-state index contributed by atoms with van der Waals surface area (Å²) in [5, 5.41) is 0. The van der Waals surface area contributed by atoms with Crippen LogP contribution in [0.3, 0.4) is 0 Å². The molecular weight excluding hydrogens is 143 g/mol. The molecule has 0 unspecified atom stereocenters. The lowest BCUT2D eigenvalue weighted by Crippen LogP contribution is -2.35. The van der Waals surface area contributed by atoms with Crippen LogP contribution < -0.4 is 0 Å². The largest absolute Gasteiger partial charge is 0.703 e. The zero-order valence-corrected chi connectivity index (χ0v) is 4.63. The van der Waals surface area contributed by atoms with E-state index < -0.39 is 9.05 Å². The van der Waals surface area contributed by atoms with E-state index in [1.54, 1.807) is 0 Å². The van der Waals surface area contributed by atoms with Gasteiger partial charge < -0.3 is 25.3 Å². The van der Waals surface area contributed by atoms with Crippen molar-refractivity contribution >= 4 is 9.05 Å². The van der Waals surface area contributed by atoms with E-state index in [1.165, 1.54) is 0 Å². The summed E-state index contributed by atoms with van der Waals surface area (Å²) < 4.78 is 12.6. The van der Waals surface area contributed by atoms with Crippen LogP contribution in [0.5, 0.6) is 0 Å². The van der Waals surface area contributed by atoms with E-state index in [0.29, 0.717) is 0 Å². The molecule has 0 atom stereocenters. The van der Waals surface area contributed by atoms with Crippen LogP contribution in [0.2, 0.25) is 0 Å². The number of rotatable bonds is 1. The molecule has 0 aromatic rings. The summed E-state index contributed by atoms with van der Waals surface area (Å²) in [6.07, 6.45) is 0. The summed E-state index contributed by atoms with van der Waals surface area (Å²) in [5.41, 5.74) is 0. The second kappa shape index (κ2) is 5.05. The maximum atomic E-state index is 10.3. The van der Waals surface area contributed by atoms with Gasteiger partial charge in [-0.3, -0.25) is 0 Å². The molecule has 0 amide bonds. The Labute approximate surface area is 44.8 Å². The number of hydrogen-bond donors (Lipinski definition) is 3. The van der Waals surface area contributed by atoms with Crippen LogP contribution in [0.1, 0.15) is 0 Å². The first-order valence-electron chi connectivity index (χ1n) is 1.03. The molecule has 0 heterocycles. The predicted molar refractivity (Wildman–Crippen MR) is 21.8 cm³/mol. The van der Waals surface area contributed by atoms with Gasteiger partial charge in [-0.1, -0.05) is 4.53 Å². The minimum absolute atomic E-state index is 0. The average Bonchev–Trinajstić information content (AvgIpc) is 1.35. The van der Waals surface area contributed by atoms with Crippen molar-refractivity contribution in [3.8, 4) is 0 Å². The highest BCUT2D eigenvalue weighted by Gasteiger charge is 2.31. The van der Waals surface area contributed by atoms with Gasteiger partial charge in [0.15, 0.2) is 0 Å². The van der Waals surface area contributed by atoms with Crippen molar-refractivity contribution in [3.63, 3.8) is 0 Å². The Morgan fingerprint density at radius 3 is 1.25 bits per heavy atom. The maximum Gasteiger partial charge on any atom is 0.703 e. The van der Waals surface area contributed by atoms with Crippen molar-refractivity contribution < 1.29 is 34.5 Å². The van der Waals surface area contributed by atoms with E-state index in [4.69, 9.17) is 14.4 Å². The minimum atomic E-state index is -4.80. The molecule has 7 N–H and O–H groups in total. The zero-order chi connectivity index (χ0) is 5.21. The fraction of sp³-hybridized carbons (Fsp3) is 0. The highest BCUT2D eigenvalue weighted by atomic mass is 28.4. The lowest BCUT2D eigenvalue weighted by atomic mass is 15.5. The normalized spacial score (nSPS) is 9.00. The first-order valence-corrected chi connectivity index (χ1v) is 2.78. The van der Waals surface area contributed by atoms with Gasteiger partial charge in [-0.25, -0.2) is 0 Å². The monoisotopic (exact) mass is 150 g/mol. The van der Waals surface area contributed by atoms with Gasteiger partial charge in [-0.2, -0.15) is 4.63 Å². The van der Waals surface area contributed by atoms with Gasteiger partial charge >= 0.3 is 9.05 Å². The molecular formula is H7FO6Si. The minimum Gasteiger partial charge on any atom is -0.412 e. The predicted octanol–water partition coefficient (Wildman–Crippen LogP) is -3.35. The Morgan fingerprint density at radius 2 is 1.25 bits per heavy atom. The SMILES string of the molecule is O.O.O[Si](O)(O)OF. The second-order valence-corrected chi connectivity index (χ2v) is 1.95. The van der Waals surface area contributed by atoms with Gasteiger partial charge in [0, 0.05) is 0 Å². The number of hydrogen-bond acceptors (Lipinski definition) is 4. The maximum absolute atomic E-state index is 10.3. The van der Waals surface area contributed by atoms with Gasteiger partial charge in [0.2, 0.25) is 0 Å². The van der Waals surface area contributed by atoms with E-state index in [-0.39, 0.29) is 11.0 Å². The van der Waals surface area contributed by atoms with Crippen LogP contribution in [0.4, 0.5) is 4.53 Å². The molecule has 0 saturated heterocycles. The van der Waals surface area contributed by atoms with Crippen molar-refractivity contribution in [2.24, 2.45) is 0 Å². The molecule has 6 nitrogen and oxygen atoms in total. The topological polar surface area (TPSA) is 133 Å². The Kier molecular flexibility index (Phi) is 9.89. The standard InChI is InChI=1S/FH3O4Si.2H2O/c1-5-6(2,3)4;;/h2-4H;2*1H2. The van der Waals surface area contributed by atoms with Crippen molar-refractivity contribution in [2.45, 2.75) is 0 Å². The highest BCUT2D eigenvalue weighted by Crippen LogP contribution is 1.85. The fourth-order valence-corrected chi connectivity index (χ4v) is 0. The average molecular weight is 150 g/mol. The molecule has 0 spiro atoms. The van der Waals surface area contributed by atoms with Crippen LogP contribution in [0.25, 0.3) is 0 Å². The van der Waals surface area contributed by atoms with Gasteiger partial charge in [-0.15, -0.1) is 0 Å². The molecule has 54 valence electrons. The van der Waals surface area contributed by atoms with E-state index >= 15 is 0 Å². The Bertz CT molecular complexity index is 38.3. The third kappa shape index (κ3) is 16.8. The Morgan fingerprint density at radius 1 is 1.12 bits per heavy atom. The van der Waals surface area contributed by atoms with E-state index in [2.05, 4.69) is 4.63 Å². The van der Waals surface area contributed by atoms with Crippen LogP contribution in [-0.2, 0) is 4.63 Å². The smallest absolute Gasteiger partial charge is 0.412 e. The molecule has 0 aromatic carbocycles. The highest BCUT2D eigenvalue weighted by molar-refractivity contribution is 6.48. The zero-order valence-electron chi connectivity index (χ0n) is 3.63. The Hall–Kier alpha value is -0.0931. The third-order valence-electron chi connectivity index (χ3n) is 0.104. The number of halogens is 1. The first kappa shape index (κ1) is 15.7. The van der Waals surface area contributed by atoms with Crippen LogP contribution in [0.15, 0.2) is 0 Å². The fourth-order valence-electron chi connectivity index (χ4n) is 0. The van der Waals surface area contributed by atoms with Crippen molar-refractivity contribution in [2.75, 3.05) is 0 Å². The van der Waals surface area contributed by atoms with Gasteiger partial charge in [0.05, 0.1) is 0 Å². The van der Waals surface area contributed by atoms with E-state index in [0.717, 1.165) is 0 Å². The Balaban J connectivity index is -0.000000125. The van der Waals surface area contributed by atoms with Gasteiger partial charge in [-0.05, 0) is 0 Å². The lowest BCUT2D eigenvalue weighted by Gasteiger charge is -1.96. The molecule has 8 heteroatoms. The molecule has 0 radical (unpaired) electrons. The summed E-state index contributed by atoms with van der Waals surface area (Å²) in [6, 6.07) is 0. The molecule has 0 aliphatic heterocycles. The quantitative estimate of drug-likeness (QED) is 0.337. The molecule has 0 aromatic heterocycles. The summed E-state index contributed by atoms with van der Waals surface area (Å²) >= 11 is 0. The first-order chi connectivity index (χ1) is 2.56. The molecule has 0 saturated carbocycles. The van der Waals surface area contributed by atoms with Gasteiger partial charge in [0.1, 0.15) is 0 Å². The summed E-state index contributed by atoms with van der Waals surface area (Å²) in [7, 11) is -4.80. The summed E-state index contributed by atoms with van der Waals surface area (Å²) in [5.74, 6) is 0. The van der Waals surface area contributed by atoms with Crippen molar-refractivity contribution in [1.29, 1.82) is 0 Å². The van der Waals surface area contributed by atoms with Gasteiger partial charge in [0.25, 0.3) is 0 Å². The molecule has 0 bridgehead atoms. The van der Waals surface area contributed by atoms with E-state index in [1.807, 2.05) is 0 Å². The molecule has 0 aliphatic carbocycles. The second-order valence-electron chi connectivity index (χ2n) is 0.651. The van der Waals surface area contributed by atoms with Crippen molar-refractivity contribution in [3.05, 3.63) is 0 Å². The third-order valence-corrected chi connectivity index (χ3v) is 0.311.